The number of aromatic nitrogens is 2. The molecule has 9 heteroatoms. The average Bonchev–Trinajstić information content (AvgIpc) is 3.03. The van der Waals surface area contributed by atoms with Gasteiger partial charge in [-0.2, -0.15) is 4.31 Å². The van der Waals surface area contributed by atoms with Crippen LogP contribution in [0.3, 0.4) is 0 Å². The zero-order valence-corrected chi connectivity index (χ0v) is 25.7. The number of amides is 1. The predicted octanol–water partition coefficient (Wildman–Crippen LogP) is 5.16. The Morgan fingerprint density at radius 1 is 0.767 bits per heavy atom. The predicted molar refractivity (Wildman–Crippen MR) is 171 cm³/mol. The maximum atomic E-state index is 14.3. The number of hydrogen-bond donors (Lipinski definition) is 1. The van der Waals surface area contributed by atoms with Crippen molar-refractivity contribution in [2.45, 2.75) is 61.9 Å². The van der Waals surface area contributed by atoms with Gasteiger partial charge in [0.25, 0.3) is 0 Å². The molecule has 0 saturated heterocycles. The maximum absolute atomic E-state index is 14.3. The number of sulfonamides is 1. The number of carbonyl (C=O) groups is 1. The van der Waals surface area contributed by atoms with Crippen molar-refractivity contribution in [1.82, 2.24) is 19.2 Å². The molecule has 2 aromatic heterocycles. The number of aryl methyl sites for hydroxylation is 2. The van der Waals surface area contributed by atoms with Crippen LogP contribution in [0.5, 0.6) is 0 Å². The van der Waals surface area contributed by atoms with Crippen LogP contribution in [0, 0.1) is 0 Å². The molecule has 43 heavy (non-hydrogen) atoms. The summed E-state index contributed by atoms with van der Waals surface area (Å²) in [7, 11) is -0.670. The van der Waals surface area contributed by atoms with Gasteiger partial charge >= 0.3 is 0 Å². The molecule has 8 nitrogen and oxygen atoms in total. The second-order valence-corrected chi connectivity index (χ2v) is 12.9. The zero-order valence-electron chi connectivity index (χ0n) is 24.9. The lowest BCUT2D eigenvalue weighted by Crippen LogP contribution is -2.52. The Kier molecular flexibility index (Phi) is 11.4. The Balaban J connectivity index is 1.56. The molecule has 0 spiro atoms. The first-order valence-corrected chi connectivity index (χ1v) is 16.1. The van der Waals surface area contributed by atoms with Gasteiger partial charge in [0.2, 0.25) is 15.9 Å². The highest BCUT2D eigenvalue weighted by Gasteiger charge is 2.36. The Labute approximate surface area is 255 Å². The molecule has 0 unspecified atom stereocenters. The van der Waals surface area contributed by atoms with E-state index in [9.17, 15) is 13.2 Å². The Hall–Kier alpha value is -4.08. The minimum atomic E-state index is -3.97. The molecule has 0 aliphatic rings. The molecule has 1 amide bonds. The fraction of sp³-hybridized carbons (Fsp3) is 0.324. The fourth-order valence-corrected chi connectivity index (χ4v) is 6.62. The van der Waals surface area contributed by atoms with E-state index in [1.807, 2.05) is 61.9 Å². The van der Waals surface area contributed by atoms with Gasteiger partial charge in [-0.15, -0.1) is 0 Å². The normalized spacial score (nSPS) is 12.4. The third kappa shape index (κ3) is 8.95. The smallest absolute Gasteiger partial charge is 0.243 e. The van der Waals surface area contributed by atoms with Crippen LogP contribution >= 0.6 is 0 Å². The van der Waals surface area contributed by atoms with E-state index < -0.39 is 16.1 Å². The number of likely N-dealkylation sites (N-methyl/N-ethyl adjacent to an activating group) is 2. The van der Waals surface area contributed by atoms with Crippen LogP contribution in [0.1, 0.15) is 42.4 Å². The summed E-state index contributed by atoms with van der Waals surface area (Å²) in [6, 6.07) is 22.6. The van der Waals surface area contributed by atoms with Crippen molar-refractivity contribution in [2.24, 2.45) is 0 Å². The highest BCUT2D eigenvalue weighted by atomic mass is 32.2. The van der Waals surface area contributed by atoms with Gasteiger partial charge in [0.15, 0.2) is 0 Å². The molecule has 226 valence electrons. The van der Waals surface area contributed by atoms with E-state index in [4.69, 9.17) is 5.73 Å². The second kappa shape index (κ2) is 15.4. The third-order valence-corrected chi connectivity index (χ3v) is 9.78. The summed E-state index contributed by atoms with van der Waals surface area (Å²) in [5.41, 5.74) is 9.47. The second-order valence-electron chi connectivity index (χ2n) is 10.9. The lowest BCUT2D eigenvalue weighted by Gasteiger charge is -2.35. The maximum Gasteiger partial charge on any atom is 0.243 e. The van der Waals surface area contributed by atoms with Gasteiger partial charge < -0.3 is 10.6 Å². The number of nitrogens with zero attached hydrogens (tertiary/aromatic N) is 4. The average molecular weight is 600 g/mol. The van der Waals surface area contributed by atoms with Crippen molar-refractivity contribution in [3.8, 4) is 0 Å². The summed E-state index contributed by atoms with van der Waals surface area (Å²) in [4.78, 5) is 24.6. The number of nitrogens with two attached hydrogens (primary N) is 1. The minimum absolute atomic E-state index is 0.0632. The summed E-state index contributed by atoms with van der Waals surface area (Å²) in [6.07, 6.45) is 12.6. The van der Waals surface area contributed by atoms with Crippen molar-refractivity contribution >= 4 is 21.6 Å². The van der Waals surface area contributed by atoms with E-state index in [0.29, 0.717) is 5.69 Å². The number of carbonyl (C=O) groups excluding carboxylic acids is 1. The van der Waals surface area contributed by atoms with Crippen molar-refractivity contribution < 1.29 is 13.2 Å². The molecule has 0 radical (unpaired) electrons. The largest absolute Gasteiger partial charge is 0.399 e. The van der Waals surface area contributed by atoms with E-state index in [1.54, 1.807) is 29.4 Å². The van der Waals surface area contributed by atoms with Crippen LogP contribution in [-0.4, -0.2) is 59.7 Å². The van der Waals surface area contributed by atoms with Crippen molar-refractivity contribution in [2.75, 3.05) is 19.8 Å². The van der Waals surface area contributed by atoms with Gasteiger partial charge in [0, 0.05) is 50.6 Å². The monoisotopic (exact) mass is 599 g/mol. The number of hydrogen-bond acceptors (Lipinski definition) is 6. The summed E-state index contributed by atoms with van der Waals surface area (Å²) in [5.74, 6) is -0.224. The van der Waals surface area contributed by atoms with E-state index in [-0.39, 0.29) is 23.3 Å². The van der Waals surface area contributed by atoms with Gasteiger partial charge in [-0.1, -0.05) is 42.5 Å². The summed E-state index contributed by atoms with van der Waals surface area (Å²) >= 11 is 0. The van der Waals surface area contributed by atoms with Gasteiger partial charge in [-0.25, -0.2) is 8.42 Å². The van der Waals surface area contributed by atoms with Gasteiger partial charge in [-0.3, -0.25) is 14.8 Å². The third-order valence-electron chi connectivity index (χ3n) is 7.90. The number of anilines is 1. The molecule has 1 atom stereocenters. The molecule has 2 N–H and O–H groups in total. The Bertz CT molecular complexity index is 1470. The summed E-state index contributed by atoms with van der Waals surface area (Å²) in [6.45, 7) is 0. The molecular formula is C34H41N5O3S. The number of rotatable bonds is 15. The highest BCUT2D eigenvalue weighted by molar-refractivity contribution is 7.89. The number of nitrogen functional groups attached to an aromatic ring is 1. The molecule has 0 aliphatic carbocycles. The first-order valence-electron chi connectivity index (χ1n) is 14.7. The first kappa shape index (κ1) is 31.8. The standard InChI is InChI=1S/C34H41N5O3S/c1-38(31(16-6-12-28-14-8-22-36-25-28)17-7-13-29-15-9-23-37-26-29)34(40)33(24-27-10-4-3-5-11-27)39(2)43(41,42)32-20-18-30(35)19-21-32/h3-5,8-11,14-15,18-23,25-26,31,33H,6-7,12-13,16-17,24,35H2,1-2H3/t33-/m0/s1. The molecule has 0 fully saturated rings. The van der Waals surface area contributed by atoms with E-state index in [0.717, 1.165) is 55.2 Å². The van der Waals surface area contributed by atoms with Crippen LogP contribution in [-0.2, 0) is 34.1 Å². The van der Waals surface area contributed by atoms with Gasteiger partial charge in [-0.05, 0) is 98.0 Å². The number of pyridine rings is 2. The molecule has 2 heterocycles. The van der Waals surface area contributed by atoms with Gasteiger partial charge in [0.05, 0.1) is 4.90 Å². The highest BCUT2D eigenvalue weighted by Crippen LogP contribution is 2.24. The SMILES string of the molecule is CN(C(=O)[C@H](Cc1ccccc1)N(C)S(=O)(=O)c1ccc(N)cc1)C(CCCc1cccnc1)CCCc1cccnc1. The number of benzene rings is 2. The molecule has 2 aromatic carbocycles. The summed E-state index contributed by atoms with van der Waals surface area (Å²) in [5, 5.41) is 0. The Morgan fingerprint density at radius 2 is 1.30 bits per heavy atom. The van der Waals surface area contributed by atoms with Crippen LogP contribution in [0.15, 0.2) is 109 Å². The van der Waals surface area contributed by atoms with Crippen molar-refractivity contribution in [1.29, 1.82) is 0 Å². The van der Waals surface area contributed by atoms with Crippen molar-refractivity contribution in [3.05, 3.63) is 120 Å². The molecule has 4 aromatic rings. The molecule has 4 rings (SSSR count). The topological polar surface area (TPSA) is 109 Å². The zero-order chi connectivity index (χ0) is 30.7. The minimum Gasteiger partial charge on any atom is -0.399 e. The molecule has 0 saturated carbocycles. The molecule has 0 aliphatic heterocycles. The quantitative estimate of drug-likeness (QED) is 0.189. The van der Waals surface area contributed by atoms with E-state index >= 15 is 0 Å². The van der Waals surface area contributed by atoms with E-state index in [2.05, 4.69) is 22.1 Å². The van der Waals surface area contributed by atoms with Crippen molar-refractivity contribution in [3.63, 3.8) is 0 Å². The Morgan fingerprint density at radius 3 is 1.81 bits per heavy atom. The lowest BCUT2D eigenvalue weighted by atomic mass is 9.97. The van der Waals surface area contributed by atoms with Crippen LogP contribution in [0.2, 0.25) is 0 Å². The molecular weight excluding hydrogens is 558 g/mol. The summed E-state index contributed by atoms with van der Waals surface area (Å²) < 4.78 is 28.7. The molecule has 0 bridgehead atoms. The lowest BCUT2D eigenvalue weighted by molar-refractivity contribution is -0.136. The van der Waals surface area contributed by atoms with E-state index in [1.165, 1.54) is 23.5 Å². The van der Waals surface area contributed by atoms with Crippen LogP contribution in [0.25, 0.3) is 0 Å². The van der Waals surface area contributed by atoms with Crippen LogP contribution < -0.4 is 5.73 Å². The van der Waals surface area contributed by atoms with Gasteiger partial charge in [0.1, 0.15) is 6.04 Å². The first-order chi connectivity index (χ1) is 20.8. The van der Waals surface area contributed by atoms with Crippen LogP contribution in [0.4, 0.5) is 5.69 Å². The fourth-order valence-electron chi connectivity index (χ4n) is 5.30.